The summed E-state index contributed by atoms with van der Waals surface area (Å²) < 4.78 is 16.0. The van der Waals surface area contributed by atoms with Crippen LogP contribution in [0.2, 0.25) is 0 Å². The summed E-state index contributed by atoms with van der Waals surface area (Å²) in [4.78, 5) is 95.7. The number of ether oxygens (including phenoxy) is 3. The zero-order chi connectivity index (χ0) is 47.9. The van der Waals surface area contributed by atoms with Crippen molar-refractivity contribution in [1.29, 1.82) is 0 Å². The van der Waals surface area contributed by atoms with Crippen LogP contribution in [-0.2, 0) is 56.0 Å². The second kappa shape index (κ2) is 24.6. The first-order chi connectivity index (χ1) is 30.1. The zero-order valence-corrected chi connectivity index (χ0v) is 38.9. The van der Waals surface area contributed by atoms with E-state index in [0.29, 0.717) is 24.2 Å². The summed E-state index contributed by atoms with van der Waals surface area (Å²) in [6.07, 6.45) is -0.938. The Morgan fingerprint density at radius 2 is 1.34 bits per heavy atom. The van der Waals surface area contributed by atoms with E-state index in [2.05, 4.69) is 21.3 Å². The van der Waals surface area contributed by atoms with Crippen molar-refractivity contribution in [3.63, 3.8) is 0 Å². The number of methoxy groups -OCH3 is 1. The first-order valence-electron chi connectivity index (χ1n) is 22.0. The molecule has 1 aliphatic carbocycles. The molecular formula is C47H70N6O11. The Labute approximate surface area is 377 Å². The van der Waals surface area contributed by atoms with Crippen LogP contribution in [0.15, 0.2) is 60.7 Å². The van der Waals surface area contributed by atoms with E-state index >= 15 is 0 Å². The zero-order valence-electron chi connectivity index (χ0n) is 38.9. The molecule has 1 fully saturated rings. The van der Waals surface area contributed by atoms with Gasteiger partial charge in [-0.05, 0) is 82.8 Å². The Hall–Kier alpha value is -5.39. The van der Waals surface area contributed by atoms with Gasteiger partial charge in [0, 0.05) is 5.92 Å². The number of rotatable bonds is 21. The summed E-state index contributed by atoms with van der Waals surface area (Å²) in [5.41, 5.74) is 6.63. The van der Waals surface area contributed by atoms with Gasteiger partial charge in [-0.25, -0.2) is 14.5 Å². The van der Waals surface area contributed by atoms with Crippen molar-refractivity contribution in [2.75, 3.05) is 13.7 Å². The van der Waals surface area contributed by atoms with Gasteiger partial charge >= 0.3 is 12.1 Å². The highest BCUT2D eigenvalue weighted by molar-refractivity contribution is 6.01. The van der Waals surface area contributed by atoms with Gasteiger partial charge < -0.3 is 46.3 Å². The number of aliphatic hydroxyl groups excluding tert-OH is 1. The normalized spacial score (nSPS) is 18.3. The highest BCUT2D eigenvalue weighted by atomic mass is 16.6. The third kappa shape index (κ3) is 15.7. The number of imide groups is 1. The number of esters is 1. The minimum atomic E-state index is -1.51. The highest BCUT2D eigenvalue weighted by Crippen LogP contribution is 2.36. The van der Waals surface area contributed by atoms with E-state index in [4.69, 9.17) is 19.9 Å². The maximum atomic E-state index is 14.3. The molecule has 17 heteroatoms. The predicted molar refractivity (Wildman–Crippen MR) is 239 cm³/mol. The molecule has 2 aromatic rings. The third-order valence-electron chi connectivity index (χ3n) is 11.1. The van der Waals surface area contributed by atoms with E-state index in [1.165, 1.54) is 21.0 Å². The van der Waals surface area contributed by atoms with Crippen LogP contribution < -0.4 is 27.0 Å². The van der Waals surface area contributed by atoms with Crippen LogP contribution in [0.1, 0.15) is 92.7 Å². The molecule has 0 saturated heterocycles. The quantitative estimate of drug-likeness (QED) is 0.0991. The van der Waals surface area contributed by atoms with Crippen molar-refractivity contribution in [2.45, 2.75) is 143 Å². The summed E-state index contributed by atoms with van der Waals surface area (Å²) in [5.74, 6) is -6.20. The number of nitrogens with one attached hydrogen (secondary N) is 4. The van der Waals surface area contributed by atoms with Crippen molar-refractivity contribution in [1.82, 2.24) is 26.2 Å². The maximum absolute atomic E-state index is 14.3. The Morgan fingerprint density at radius 1 is 0.766 bits per heavy atom. The van der Waals surface area contributed by atoms with E-state index in [1.54, 1.807) is 60.6 Å². The van der Waals surface area contributed by atoms with Gasteiger partial charge in [-0.3, -0.25) is 24.0 Å². The monoisotopic (exact) mass is 895 g/mol. The molecule has 0 aliphatic heterocycles. The molecule has 0 aromatic heterocycles. The first kappa shape index (κ1) is 53.0. The van der Waals surface area contributed by atoms with Crippen molar-refractivity contribution < 1.29 is 52.9 Å². The van der Waals surface area contributed by atoms with Gasteiger partial charge in [0.1, 0.15) is 35.8 Å². The van der Waals surface area contributed by atoms with E-state index in [1.807, 2.05) is 48.5 Å². The minimum absolute atomic E-state index is 0.115. The summed E-state index contributed by atoms with van der Waals surface area (Å²) in [7, 11) is 1.23. The lowest BCUT2D eigenvalue weighted by Crippen LogP contribution is -2.60. The smallest absolute Gasteiger partial charge is 0.417 e. The first-order valence-corrected chi connectivity index (χ1v) is 22.0. The van der Waals surface area contributed by atoms with Crippen LogP contribution in [0, 0.1) is 23.7 Å². The van der Waals surface area contributed by atoms with Crippen LogP contribution in [0.4, 0.5) is 4.79 Å². The van der Waals surface area contributed by atoms with Crippen LogP contribution in [0.5, 0.6) is 0 Å². The molecule has 354 valence electrons. The molecule has 0 radical (unpaired) electrons. The molecule has 9 atom stereocenters. The molecule has 17 nitrogen and oxygen atoms in total. The molecule has 1 saturated carbocycles. The number of carbonyl (C=O) groups excluding carboxylic acids is 7. The molecule has 3 rings (SSSR count). The van der Waals surface area contributed by atoms with Gasteiger partial charge in [0.2, 0.25) is 23.6 Å². The van der Waals surface area contributed by atoms with Gasteiger partial charge in [-0.1, -0.05) is 94.8 Å². The number of hydrogen-bond donors (Lipinski definition) is 6. The number of nitrogens with two attached hydrogens (primary N) is 1. The van der Waals surface area contributed by atoms with Crippen molar-refractivity contribution in [3.8, 4) is 0 Å². The van der Waals surface area contributed by atoms with Crippen LogP contribution in [0.3, 0.4) is 0 Å². The molecular weight excluding hydrogens is 825 g/mol. The third-order valence-corrected chi connectivity index (χ3v) is 11.1. The second-order valence-electron chi connectivity index (χ2n) is 18.2. The Bertz CT molecular complexity index is 1870. The van der Waals surface area contributed by atoms with Gasteiger partial charge in [-0.15, -0.1) is 0 Å². The molecule has 64 heavy (non-hydrogen) atoms. The minimum Gasteiger partial charge on any atom is -0.467 e. The van der Waals surface area contributed by atoms with Gasteiger partial charge in [0.05, 0.1) is 32.5 Å². The van der Waals surface area contributed by atoms with Crippen LogP contribution in [0.25, 0.3) is 0 Å². The van der Waals surface area contributed by atoms with Gasteiger partial charge in [0.25, 0.3) is 5.91 Å². The molecule has 1 aliphatic rings. The maximum Gasteiger partial charge on any atom is 0.417 e. The highest BCUT2D eigenvalue weighted by Gasteiger charge is 2.44. The fourth-order valence-corrected chi connectivity index (χ4v) is 7.52. The SMILES string of the molecule is COC(=O)C(NC(=O)[C@H](NC(=O)C1CCCC1C(O)[C@H](Cc1ccccc1)NC(=O)[C@H](C)N(C(=O)OC(C)(C)C)C(=O)[C@H](C)NC(=O)[C@@H](N)COCc1ccccc1)C(C)C)C(C)C. The summed E-state index contributed by atoms with van der Waals surface area (Å²) in [5, 5.41) is 23.1. The molecule has 0 heterocycles. The summed E-state index contributed by atoms with van der Waals surface area (Å²) in [6.45, 7) is 14.6. The topological polar surface area (TPSA) is 245 Å². The Kier molecular flexibility index (Phi) is 20.4. The number of amides is 6. The molecule has 2 aromatic carbocycles. The molecule has 0 bridgehead atoms. The van der Waals surface area contributed by atoms with E-state index in [-0.39, 0.29) is 31.5 Å². The number of nitrogens with zero attached hydrogens (tertiary/aromatic N) is 1. The average molecular weight is 895 g/mol. The summed E-state index contributed by atoms with van der Waals surface area (Å²) >= 11 is 0. The Balaban J connectivity index is 1.84. The number of hydrogen-bond acceptors (Lipinski definition) is 12. The number of carbonyl (C=O) groups is 7. The van der Waals surface area contributed by atoms with E-state index in [9.17, 15) is 38.7 Å². The van der Waals surface area contributed by atoms with Crippen LogP contribution in [-0.4, -0.2) is 113 Å². The number of benzene rings is 2. The van der Waals surface area contributed by atoms with Crippen molar-refractivity contribution >= 4 is 41.6 Å². The van der Waals surface area contributed by atoms with Crippen molar-refractivity contribution in [2.24, 2.45) is 29.4 Å². The van der Waals surface area contributed by atoms with Crippen molar-refractivity contribution in [3.05, 3.63) is 71.8 Å². The van der Waals surface area contributed by atoms with E-state index in [0.717, 1.165) is 11.1 Å². The fraction of sp³-hybridized carbons (Fsp3) is 0.596. The molecule has 6 amide bonds. The Morgan fingerprint density at radius 3 is 1.89 bits per heavy atom. The lowest BCUT2D eigenvalue weighted by Gasteiger charge is -2.35. The number of aliphatic hydroxyl groups is 1. The lowest BCUT2D eigenvalue weighted by molar-refractivity contribution is -0.147. The largest absolute Gasteiger partial charge is 0.467 e. The van der Waals surface area contributed by atoms with Gasteiger partial charge in [0.15, 0.2) is 0 Å². The fourth-order valence-electron chi connectivity index (χ4n) is 7.52. The standard InChI is InChI=1S/C47H70N6O11/c1-27(2)37(43(58)52-38(28(3)4)45(60)62-10)51-41(56)34-23-17-22-33(34)39(54)36(24-31-18-13-11-14-19-31)50-40(55)30(6)53(46(61)64-47(7,8)9)44(59)29(5)49-42(57)35(48)26-63-25-32-20-15-12-16-21-32/h11-16,18-21,27-30,33-39,54H,17,22-26,48H2,1-10H3,(H,49,57)(H,50,55)(H,51,56)(H,52,58)/t29-,30-,33?,34?,35-,36-,37+,38?,39?/m0/s1. The van der Waals surface area contributed by atoms with E-state index < -0.39 is 101 Å². The second-order valence-corrected chi connectivity index (χ2v) is 18.2. The van der Waals surface area contributed by atoms with Crippen LogP contribution >= 0.6 is 0 Å². The van der Waals surface area contributed by atoms with Gasteiger partial charge in [-0.2, -0.15) is 0 Å². The summed E-state index contributed by atoms with van der Waals surface area (Å²) in [6, 6.07) is 11.4. The molecule has 7 N–H and O–H groups in total. The molecule has 4 unspecified atom stereocenters. The lowest BCUT2D eigenvalue weighted by atomic mass is 9.84. The molecule has 0 spiro atoms. The average Bonchev–Trinajstić information content (AvgIpc) is 3.74. The predicted octanol–water partition coefficient (Wildman–Crippen LogP) is 3.15.